The highest BCUT2D eigenvalue weighted by Crippen LogP contribution is 2.54. The largest absolute Gasteiger partial charge is 0.432 e. The number of esters is 1. The quantitative estimate of drug-likeness (QED) is 0.592. The third kappa shape index (κ3) is 1.18. The number of hydrogen-bond acceptors (Lipinski definition) is 4. The standard InChI is InChI=1S/C13H19NO3/c1-8-10-11-9-4-2-6-14(11)7-3-5-13(10,16-9)17-12(8)15/h8-11H,2-7H2,1H3/t8-,9+,10+,11-,13+/m0/s1. The van der Waals surface area contributed by atoms with Crippen molar-refractivity contribution in [1.82, 2.24) is 4.90 Å². The SMILES string of the molecule is C[C@@H]1C(=O)O[C@@]23CCCN4CCC[C@@H](O2)[C@H]4[C@@H]13. The molecule has 0 N–H and O–H groups in total. The number of carbonyl (C=O) groups is 1. The van der Waals surface area contributed by atoms with Gasteiger partial charge in [-0.3, -0.25) is 9.69 Å². The van der Waals surface area contributed by atoms with Crippen molar-refractivity contribution in [1.29, 1.82) is 0 Å². The van der Waals surface area contributed by atoms with Gasteiger partial charge in [0.05, 0.1) is 17.9 Å². The first-order valence-corrected chi connectivity index (χ1v) is 6.86. The lowest BCUT2D eigenvalue weighted by Gasteiger charge is -2.38. The lowest BCUT2D eigenvalue weighted by Crippen LogP contribution is -2.50. The molecule has 2 bridgehead atoms. The maximum absolute atomic E-state index is 11.8. The molecular weight excluding hydrogens is 218 g/mol. The van der Waals surface area contributed by atoms with Gasteiger partial charge in [-0.2, -0.15) is 0 Å². The fourth-order valence-electron chi connectivity index (χ4n) is 4.48. The van der Waals surface area contributed by atoms with E-state index in [9.17, 15) is 4.79 Å². The van der Waals surface area contributed by atoms with Crippen molar-refractivity contribution in [2.45, 2.75) is 50.5 Å². The Morgan fingerprint density at radius 1 is 1.35 bits per heavy atom. The van der Waals surface area contributed by atoms with Crippen LogP contribution in [0.15, 0.2) is 0 Å². The molecule has 0 saturated carbocycles. The molecule has 4 aliphatic rings. The molecule has 94 valence electrons. The fourth-order valence-corrected chi connectivity index (χ4v) is 4.48. The average molecular weight is 237 g/mol. The predicted octanol–water partition coefficient (Wildman–Crippen LogP) is 1.15. The number of nitrogens with zero attached hydrogens (tertiary/aromatic N) is 1. The third-order valence-corrected chi connectivity index (χ3v) is 5.12. The van der Waals surface area contributed by atoms with Gasteiger partial charge in [-0.25, -0.2) is 0 Å². The van der Waals surface area contributed by atoms with E-state index >= 15 is 0 Å². The van der Waals surface area contributed by atoms with Crippen LogP contribution in [0.4, 0.5) is 0 Å². The summed E-state index contributed by atoms with van der Waals surface area (Å²) in [6, 6.07) is 0.424. The van der Waals surface area contributed by atoms with Crippen LogP contribution in [0.1, 0.15) is 32.6 Å². The highest BCUT2D eigenvalue weighted by Gasteiger charge is 2.67. The fraction of sp³-hybridized carbons (Fsp3) is 0.923. The van der Waals surface area contributed by atoms with Crippen LogP contribution in [-0.4, -0.2) is 41.9 Å². The maximum Gasteiger partial charge on any atom is 0.311 e. The van der Waals surface area contributed by atoms with E-state index in [4.69, 9.17) is 9.47 Å². The summed E-state index contributed by atoms with van der Waals surface area (Å²) < 4.78 is 11.9. The van der Waals surface area contributed by atoms with E-state index in [1.165, 1.54) is 6.42 Å². The Morgan fingerprint density at radius 3 is 3.06 bits per heavy atom. The van der Waals surface area contributed by atoms with Crippen molar-refractivity contribution in [3.63, 3.8) is 0 Å². The smallest absolute Gasteiger partial charge is 0.311 e. The number of carbonyl (C=O) groups excluding carboxylic acids is 1. The van der Waals surface area contributed by atoms with Crippen LogP contribution in [0.2, 0.25) is 0 Å². The average Bonchev–Trinajstić information content (AvgIpc) is 2.66. The number of piperidine rings is 1. The molecule has 4 heterocycles. The molecule has 0 unspecified atom stereocenters. The number of ether oxygens (including phenoxy) is 2. The molecule has 4 fully saturated rings. The predicted molar refractivity (Wildman–Crippen MR) is 60.2 cm³/mol. The van der Waals surface area contributed by atoms with Crippen molar-refractivity contribution >= 4 is 5.97 Å². The monoisotopic (exact) mass is 237 g/mol. The van der Waals surface area contributed by atoms with Crippen LogP contribution < -0.4 is 0 Å². The summed E-state index contributed by atoms with van der Waals surface area (Å²) in [7, 11) is 0. The Balaban J connectivity index is 1.80. The summed E-state index contributed by atoms with van der Waals surface area (Å²) in [5.74, 6) is -0.349. The molecule has 5 atom stereocenters. The topological polar surface area (TPSA) is 38.8 Å². The van der Waals surface area contributed by atoms with Crippen LogP contribution in [0, 0.1) is 11.8 Å². The maximum atomic E-state index is 11.8. The van der Waals surface area contributed by atoms with E-state index < -0.39 is 5.79 Å². The van der Waals surface area contributed by atoms with Gasteiger partial charge in [-0.1, -0.05) is 6.92 Å². The van der Waals surface area contributed by atoms with E-state index in [1.807, 2.05) is 6.92 Å². The molecule has 0 aromatic heterocycles. The van der Waals surface area contributed by atoms with Gasteiger partial charge in [-0.15, -0.1) is 0 Å². The summed E-state index contributed by atoms with van der Waals surface area (Å²) in [6.45, 7) is 4.32. The van der Waals surface area contributed by atoms with Crippen molar-refractivity contribution in [3.05, 3.63) is 0 Å². The van der Waals surface area contributed by atoms with Crippen LogP contribution in [0.3, 0.4) is 0 Å². The van der Waals surface area contributed by atoms with Crippen molar-refractivity contribution in [3.8, 4) is 0 Å². The van der Waals surface area contributed by atoms with Gasteiger partial charge in [-0.05, 0) is 32.4 Å². The summed E-state index contributed by atoms with van der Waals surface area (Å²) in [6.07, 6.45) is 4.61. The Kier molecular flexibility index (Phi) is 1.96. The first-order valence-electron chi connectivity index (χ1n) is 6.86. The van der Waals surface area contributed by atoms with Crippen molar-refractivity contribution < 1.29 is 14.3 Å². The normalized spacial score (nSPS) is 53.1. The van der Waals surface area contributed by atoms with E-state index in [0.29, 0.717) is 12.1 Å². The van der Waals surface area contributed by atoms with Gasteiger partial charge < -0.3 is 9.47 Å². The van der Waals surface area contributed by atoms with E-state index in [2.05, 4.69) is 4.90 Å². The second kappa shape index (κ2) is 3.23. The van der Waals surface area contributed by atoms with E-state index in [-0.39, 0.29) is 17.8 Å². The molecule has 0 spiro atoms. The summed E-state index contributed by atoms with van der Waals surface area (Å²) in [4.78, 5) is 14.4. The molecule has 0 aromatic carbocycles. The zero-order chi connectivity index (χ0) is 11.6. The van der Waals surface area contributed by atoms with E-state index in [0.717, 1.165) is 32.4 Å². The first kappa shape index (κ1) is 10.3. The van der Waals surface area contributed by atoms with Crippen molar-refractivity contribution in [2.24, 2.45) is 11.8 Å². The third-order valence-electron chi connectivity index (χ3n) is 5.12. The molecule has 4 aliphatic heterocycles. The molecule has 0 aromatic rings. The first-order chi connectivity index (χ1) is 8.21. The Bertz CT molecular complexity index is 366. The molecule has 4 saturated heterocycles. The highest BCUT2D eigenvalue weighted by atomic mass is 16.7. The van der Waals surface area contributed by atoms with Gasteiger partial charge in [0.15, 0.2) is 0 Å². The lowest BCUT2D eigenvalue weighted by atomic mass is 9.80. The van der Waals surface area contributed by atoms with Crippen molar-refractivity contribution in [2.75, 3.05) is 13.1 Å². The van der Waals surface area contributed by atoms with Gasteiger partial charge >= 0.3 is 5.97 Å². The summed E-state index contributed by atoms with van der Waals surface area (Å²) in [5.41, 5.74) is 0. The van der Waals surface area contributed by atoms with E-state index in [1.54, 1.807) is 0 Å². The Labute approximate surface area is 101 Å². The lowest BCUT2D eigenvalue weighted by molar-refractivity contribution is -0.222. The van der Waals surface area contributed by atoms with Crippen LogP contribution in [-0.2, 0) is 14.3 Å². The van der Waals surface area contributed by atoms with Crippen LogP contribution in [0.5, 0.6) is 0 Å². The molecule has 0 radical (unpaired) electrons. The number of hydrogen-bond donors (Lipinski definition) is 0. The second-order valence-corrected chi connectivity index (χ2v) is 5.98. The zero-order valence-electron chi connectivity index (χ0n) is 10.2. The second-order valence-electron chi connectivity index (χ2n) is 5.98. The minimum absolute atomic E-state index is 0.00343. The summed E-state index contributed by atoms with van der Waals surface area (Å²) in [5, 5.41) is 0. The zero-order valence-corrected chi connectivity index (χ0v) is 10.2. The molecular formula is C13H19NO3. The minimum atomic E-state index is -0.565. The molecule has 4 heteroatoms. The minimum Gasteiger partial charge on any atom is -0.432 e. The molecule has 4 rings (SSSR count). The Hall–Kier alpha value is -0.610. The molecule has 0 aliphatic carbocycles. The van der Waals surface area contributed by atoms with Gasteiger partial charge in [0.2, 0.25) is 5.79 Å². The van der Waals surface area contributed by atoms with Gasteiger partial charge in [0.25, 0.3) is 0 Å². The summed E-state index contributed by atoms with van der Waals surface area (Å²) >= 11 is 0. The Morgan fingerprint density at radius 2 is 2.18 bits per heavy atom. The molecule has 4 nitrogen and oxygen atoms in total. The number of rotatable bonds is 0. The van der Waals surface area contributed by atoms with Gasteiger partial charge in [0.1, 0.15) is 0 Å². The van der Waals surface area contributed by atoms with Crippen LogP contribution in [0.25, 0.3) is 0 Å². The van der Waals surface area contributed by atoms with Gasteiger partial charge in [0, 0.05) is 12.5 Å². The molecule has 17 heavy (non-hydrogen) atoms. The van der Waals surface area contributed by atoms with Crippen LogP contribution >= 0.6 is 0 Å². The highest BCUT2D eigenvalue weighted by molar-refractivity contribution is 5.75. The molecule has 0 amide bonds.